The van der Waals surface area contributed by atoms with Crippen molar-refractivity contribution in [1.29, 1.82) is 0 Å². The lowest BCUT2D eigenvalue weighted by atomic mass is 10.1. The average Bonchev–Trinajstić information content (AvgIpc) is 2.82. The van der Waals surface area contributed by atoms with Crippen LogP contribution in [0.1, 0.15) is 24.1 Å². The van der Waals surface area contributed by atoms with E-state index >= 15 is 0 Å². The van der Waals surface area contributed by atoms with Crippen LogP contribution in [-0.4, -0.2) is 50.1 Å². The SMILES string of the molecule is C=N/C=C\c1c(C)c2ccc(N3CCC[C@H](OS(C)(=O)=O)C3)nc2n1C. The van der Waals surface area contributed by atoms with Crippen molar-refractivity contribution in [2.45, 2.75) is 25.9 Å². The van der Waals surface area contributed by atoms with Crippen molar-refractivity contribution >= 4 is 39.8 Å². The number of aromatic nitrogens is 2. The summed E-state index contributed by atoms with van der Waals surface area (Å²) in [6.45, 7) is 6.88. The molecule has 8 heteroatoms. The zero-order valence-corrected chi connectivity index (χ0v) is 16.2. The van der Waals surface area contributed by atoms with Gasteiger partial charge in [-0.05, 0) is 50.3 Å². The fourth-order valence-electron chi connectivity index (χ4n) is 3.50. The van der Waals surface area contributed by atoms with Crippen LogP contribution in [-0.2, 0) is 21.3 Å². The molecule has 2 aromatic heterocycles. The summed E-state index contributed by atoms with van der Waals surface area (Å²) in [4.78, 5) is 10.7. The molecule has 7 nitrogen and oxygen atoms in total. The van der Waals surface area contributed by atoms with Crippen molar-refractivity contribution < 1.29 is 12.6 Å². The molecule has 1 saturated heterocycles. The zero-order chi connectivity index (χ0) is 18.9. The molecule has 0 aliphatic carbocycles. The van der Waals surface area contributed by atoms with Gasteiger partial charge in [0.25, 0.3) is 10.1 Å². The van der Waals surface area contributed by atoms with Crippen LogP contribution < -0.4 is 4.90 Å². The number of piperidine rings is 1. The standard InChI is InChI=1S/C18H24N4O3S/c1-13-15-7-8-17(20-18(15)21(3)16(13)9-10-19-2)22-11-5-6-14(12-22)25-26(4,23)24/h7-10,14H,2,5-6,11-12H2,1,3-4H3/b10-9-/t14-/m0/s1. The average molecular weight is 376 g/mol. The second kappa shape index (κ2) is 7.20. The van der Waals surface area contributed by atoms with E-state index in [0.29, 0.717) is 6.54 Å². The van der Waals surface area contributed by atoms with Crippen molar-refractivity contribution in [3.05, 3.63) is 29.6 Å². The second-order valence-corrected chi connectivity index (χ2v) is 8.22. The lowest BCUT2D eigenvalue weighted by Crippen LogP contribution is -2.40. The molecule has 0 spiro atoms. The maximum atomic E-state index is 11.4. The third-order valence-electron chi connectivity index (χ3n) is 4.68. The summed E-state index contributed by atoms with van der Waals surface area (Å²) in [5.41, 5.74) is 3.06. The van der Waals surface area contributed by atoms with E-state index in [2.05, 4.69) is 29.6 Å². The van der Waals surface area contributed by atoms with Crippen molar-refractivity contribution in [2.24, 2.45) is 12.0 Å². The highest BCUT2D eigenvalue weighted by Crippen LogP contribution is 2.28. The molecule has 1 aliphatic rings. The summed E-state index contributed by atoms with van der Waals surface area (Å²) < 4.78 is 30.0. The molecule has 1 atom stereocenters. The summed E-state index contributed by atoms with van der Waals surface area (Å²) >= 11 is 0. The van der Waals surface area contributed by atoms with Gasteiger partial charge in [0.2, 0.25) is 0 Å². The maximum absolute atomic E-state index is 11.4. The van der Waals surface area contributed by atoms with Gasteiger partial charge in [-0.3, -0.25) is 9.18 Å². The first-order chi connectivity index (χ1) is 12.3. The zero-order valence-electron chi connectivity index (χ0n) is 15.3. The van der Waals surface area contributed by atoms with E-state index in [1.54, 1.807) is 6.20 Å². The molecule has 140 valence electrons. The van der Waals surface area contributed by atoms with E-state index in [9.17, 15) is 8.42 Å². The van der Waals surface area contributed by atoms with Crippen LogP contribution in [0.2, 0.25) is 0 Å². The minimum Gasteiger partial charge on any atom is -0.354 e. The summed E-state index contributed by atoms with van der Waals surface area (Å²) in [5.74, 6) is 0.831. The van der Waals surface area contributed by atoms with Crippen LogP contribution in [0.15, 0.2) is 23.3 Å². The lowest BCUT2D eigenvalue weighted by Gasteiger charge is -2.32. The van der Waals surface area contributed by atoms with Crippen LogP contribution in [0.25, 0.3) is 17.1 Å². The first kappa shape index (κ1) is 18.6. The summed E-state index contributed by atoms with van der Waals surface area (Å²) in [6.07, 6.45) is 5.95. The Morgan fingerprint density at radius 3 is 2.88 bits per heavy atom. The highest BCUT2D eigenvalue weighted by Gasteiger charge is 2.25. The Hall–Kier alpha value is -2.19. The molecule has 1 fully saturated rings. The number of fused-ring (bicyclic) bond motifs is 1. The molecular formula is C18H24N4O3S. The first-order valence-electron chi connectivity index (χ1n) is 8.52. The van der Waals surface area contributed by atoms with Crippen LogP contribution in [0.4, 0.5) is 5.82 Å². The van der Waals surface area contributed by atoms with E-state index in [0.717, 1.165) is 53.8 Å². The molecule has 0 amide bonds. The van der Waals surface area contributed by atoms with Crippen molar-refractivity contribution in [2.75, 3.05) is 24.2 Å². The molecule has 3 heterocycles. The molecular weight excluding hydrogens is 352 g/mol. The minimum absolute atomic E-state index is 0.330. The van der Waals surface area contributed by atoms with Gasteiger partial charge in [0.1, 0.15) is 11.5 Å². The molecule has 0 radical (unpaired) electrons. The topological polar surface area (TPSA) is 76.8 Å². The van der Waals surface area contributed by atoms with Gasteiger partial charge in [0.05, 0.1) is 12.4 Å². The van der Waals surface area contributed by atoms with Gasteiger partial charge in [-0.25, -0.2) is 4.98 Å². The Labute approximate surface area is 154 Å². The van der Waals surface area contributed by atoms with Gasteiger partial charge in [0, 0.05) is 37.4 Å². The molecule has 26 heavy (non-hydrogen) atoms. The largest absolute Gasteiger partial charge is 0.354 e. The number of aliphatic imine (C=N–C) groups is 1. The Kier molecular flexibility index (Phi) is 5.15. The van der Waals surface area contributed by atoms with Gasteiger partial charge in [-0.1, -0.05) is 0 Å². The number of pyridine rings is 1. The molecule has 0 bridgehead atoms. The third-order valence-corrected chi connectivity index (χ3v) is 5.30. The van der Waals surface area contributed by atoms with Gasteiger partial charge in [0.15, 0.2) is 0 Å². The highest BCUT2D eigenvalue weighted by molar-refractivity contribution is 7.86. The van der Waals surface area contributed by atoms with Crippen LogP contribution in [0.5, 0.6) is 0 Å². The number of rotatable bonds is 5. The van der Waals surface area contributed by atoms with Crippen molar-refractivity contribution in [3.63, 3.8) is 0 Å². The van der Waals surface area contributed by atoms with E-state index in [-0.39, 0.29) is 6.10 Å². The van der Waals surface area contributed by atoms with Crippen LogP contribution in [0, 0.1) is 6.92 Å². The fraction of sp³-hybridized carbons (Fsp3) is 0.444. The highest BCUT2D eigenvalue weighted by atomic mass is 32.2. The Bertz CT molecular complexity index is 962. The number of hydrogen-bond donors (Lipinski definition) is 0. The molecule has 0 unspecified atom stereocenters. The smallest absolute Gasteiger partial charge is 0.264 e. The molecule has 2 aromatic rings. The number of aryl methyl sites for hydroxylation is 2. The van der Waals surface area contributed by atoms with Crippen molar-refractivity contribution in [1.82, 2.24) is 9.55 Å². The second-order valence-electron chi connectivity index (χ2n) is 6.62. The lowest BCUT2D eigenvalue weighted by molar-refractivity contribution is 0.188. The number of hydrogen-bond acceptors (Lipinski definition) is 6. The van der Waals surface area contributed by atoms with Crippen LogP contribution >= 0.6 is 0 Å². The minimum atomic E-state index is -3.45. The predicted octanol–water partition coefficient (Wildman–Crippen LogP) is 2.50. The Morgan fingerprint density at radius 1 is 1.42 bits per heavy atom. The van der Waals surface area contributed by atoms with E-state index < -0.39 is 10.1 Å². The van der Waals surface area contributed by atoms with E-state index in [1.165, 1.54) is 0 Å². The van der Waals surface area contributed by atoms with E-state index in [4.69, 9.17) is 9.17 Å². The summed E-state index contributed by atoms with van der Waals surface area (Å²) in [7, 11) is -1.48. The maximum Gasteiger partial charge on any atom is 0.264 e. The predicted molar refractivity (Wildman–Crippen MR) is 105 cm³/mol. The number of nitrogens with zero attached hydrogens (tertiary/aromatic N) is 4. The van der Waals surface area contributed by atoms with Gasteiger partial charge in [-0.15, -0.1) is 0 Å². The monoisotopic (exact) mass is 376 g/mol. The van der Waals surface area contributed by atoms with E-state index in [1.807, 2.05) is 23.8 Å². The Morgan fingerprint density at radius 2 is 2.19 bits per heavy atom. The molecule has 1 aliphatic heterocycles. The van der Waals surface area contributed by atoms with Gasteiger partial charge < -0.3 is 9.47 Å². The van der Waals surface area contributed by atoms with Gasteiger partial charge in [-0.2, -0.15) is 8.42 Å². The molecule has 0 saturated carbocycles. The molecule has 3 rings (SSSR count). The normalized spacial score (nSPS) is 18.7. The Balaban J connectivity index is 1.92. The summed E-state index contributed by atoms with van der Waals surface area (Å²) in [5, 5.41) is 1.08. The third kappa shape index (κ3) is 3.81. The first-order valence-corrected chi connectivity index (χ1v) is 10.3. The number of anilines is 1. The quantitative estimate of drug-likeness (QED) is 0.592. The molecule has 0 aromatic carbocycles. The van der Waals surface area contributed by atoms with Gasteiger partial charge >= 0.3 is 0 Å². The van der Waals surface area contributed by atoms with Crippen molar-refractivity contribution in [3.8, 4) is 0 Å². The fourth-order valence-corrected chi connectivity index (χ4v) is 4.15. The van der Waals surface area contributed by atoms with Crippen LogP contribution in [0.3, 0.4) is 0 Å². The molecule has 0 N–H and O–H groups in total. The summed E-state index contributed by atoms with van der Waals surface area (Å²) in [6, 6.07) is 4.05.